The Morgan fingerprint density at radius 3 is 1.78 bits per heavy atom. The van der Waals surface area contributed by atoms with Gasteiger partial charge in [0.25, 0.3) is 0 Å². The fourth-order valence-corrected chi connectivity index (χ4v) is 1.40. The van der Waals surface area contributed by atoms with E-state index in [1.54, 1.807) is 21.0 Å². The lowest BCUT2D eigenvalue weighted by Crippen LogP contribution is -2.24. The Bertz CT molecular complexity index is 155. The van der Waals surface area contributed by atoms with Gasteiger partial charge in [0.1, 0.15) is 0 Å². The Kier molecular flexibility index (Phi) is 13.3. The number of methoxy groups -OCH3 is 1. The predicted molar refractivity (Wildman–Crippen MR) is 74.3 cm³/mol. The summed E-state index contributed by atoms with van der Waals surface area (Å²) in [4.78, 5) is 0. The smallest absolute Gasteiger partial charge is 0.161 e. The van der Waals surface area contributed by atoms with Crippen molar-refractivity contribution >= 4 is 0 Å². The Labute approximate surface area is 112 Å². The topological polar surface area (TPSA) is 58.9 Å². The van der Waals surface area contributed by atoms with Crippen molar-refractivity contribution in [1.82, 2.24) is 0 Å². The highest BCUT2D eigenvalue weighted by atomic mass is 16.7. The maximum absolute atomic E-state index is 8.69. The van der Waals surface area contributed by atoms with Gasteiger partial charge in [-0.05, 0) is 25.7 Å². The van der Waals surface area contributed by atoms with Crippen molar-refractivity contribution in [2.75, 3.05) is 7.11 Å². The molecular weight excluding hydrogens is 232 g/mol. The molecule has 1 heterocycles. The maximum Gasteiger partial charge on any atom is 0.161 e. The summed E-state index contributed by atoms with van der Waals surface area (Å²) >= 11 is 0. The molecule has 112 valence electrons. The van der Waals surface area contributed by atoms with E-state index in [-0.39, 0.29) is 6.29 Å². The van der Waals surface area contributed by atoms with E-state index in [1.807, 2.05) is 13.8 Å². The molecule has 1 rings (SSSR count). The summed E-state index contributed by atoms with van der Waals surface area (Å²) in [7, 11) is 1.70. The fraction of sp³-hybridized carbons (Fsp3) is 1.00. The summed E-state index contributed by atoms with van der Waals surface area (Å²) in [5.41, 5.74) is 0. The molecule has 0 bridgehead atoms. The molecule has 2 atom stereocenters. The van der Waals surface area contributed by atoms with Gasteiger partial charge in [-0.25, -0.2) is 0 Å². The summed E-state index contributed by atoms with van der Waals surface area (Å²) in [6.07, 6.45) is 4.68. The van der Waals surface area contributed by atoms with Crippen LogP contribution in [0.15, 0.2) is 0 Å². The van der Waals surface area contributed by atoms with E-state index in [1.165, 1.54) is 0 Å². The molecule has 0 spiro atoms. The van der Waals surface area contributed by atoms with Crippen molar-refractivity contribution in [2.45, 2.75) is 84.9 Å². The van der Waals surface area contributed by atoms with Crippen molar-refractivity contribution < 1.29 is 19.7 Å². The van der Waals surface area contributed by atoms with Crippen LogP contribution in [-0.4, -0.2) is 35.5 Å². The summed E-state index contributed by atoms with van der Waals surface area (Å²) in [6, 6.07) is 0. The number of hydrogen-bond acceptors (Lipinski definition) is 4. The molecule has 2 N–H and O–H groups in total. The Morgan fingerprint density at radius 2 is 1.61 bits per heavy atom. The summed E-state index contributed by atoms with van der Waals surface area (Å²) in [6.45, 7) is 9.62. The van der Waals surface area contributed by atoms with Crippen LogP contribution in [0.4, 0.5) is 0 Å². The average Bonchev–Trinajstić information content (AvgIpc) is 2.90. The van der Waals surface area contributed by atoms with Crippen LogP contribution in [0.1, 0.15) is 66.7 Å². The molecule has 18 heavy (non-hydrogen) atoms. The average molecular weight is 264 g/mol. The van der Waals surface area contributed by atoms with E-state index < -0.39 is 5.79 Å². The quantitative estimate of drug-likeness (QED) is 0.766. The van der Waals surface area contributed by atoms with Crippen LogP contribution in [0.25, 0.3) is 0 Å². The third-order valence-electron chi connectivity index (χ3n) is 2.92. The van der Waals surface area contributed by atoms with Gasteiger partial charge >= 0.3 is 0 Å². The molecule has 1 saturated heterocycles. The molecule has 0 aliphatic carbocycles. The molecule has 4 heteroatoms. The first-order valence-electron chi connectivity index (χ1n) is 7.12. The van der Waals surface area contributed by atoms with Crippen LogP contribution < -0.4 is 0 Å². The number of rotatable bonds is 4. The Morgan fingerprint density at radius 1 is 1.11 bits per heavy atom. The SMILES string of the molecule is CC.CCC(O)(O)CC.CCC1CCC(OC)O1. The third-order valence-corrected chi connectivity index (χ3v) is 2.92. The lowest BCUT2D eigenvalue weighted by molar-refractivity contribution is -0.163. The second-order valence-electron chi connectivity index (χ2n) is 4.10. The van der Waals surface area contributed by atoms with Gasteiger partial charge in [-0.1, -0.05) is 34.6 Å². The minimum absolute atomic E-state index is 0.0787. The second-order valence-corrected chi connectivity index (χ2v) is 4.10. The molecule has 0 aromatic carbocycles. The van der Waals surface area contributed by atoms with E-state index in [4.69, 9.17) is 19.7 Å². The molecule has 1 aliphatic heterocycles. The van der Waals surface area contributed by atoms with Crippen LogP contribution >= 0.6 is 0 Å². The highest BCUT2D eigenvalue weighted by Crippen LogP contribution is 2.21. The third kappa shape index (κ3) is 9.83. The monoisotopic (exact) mass is 264 g/mol. The lowest BCUT2D eigenvalue weighted by Gasteiger charge is -2.15. The largest absolute Gasteiger partial charge is 0.366 e. The van der Waals surface area contributed by atoms with Crippen LogP contribution in [0.3, 0.4) is 0 Å². The van der Waals surface area contributed by atoms with Gasteiger partial charge in [-0.3, -0.25) is 0 Å². The Balaban J connectivity index is 0. The predicted octanol–water partition coefficient (Wildman–Crippen LogP) is 3.06. The molecule has 0 amide bonds. The van der Waals surface area contributed by atoms with E-state index >= 15 is 0 Å². The fourth-order valence-electron chi connectivity index (χ4n) is 1.40. The highest BCUT2D eigenvalue weighted by molar-refractivity contribution is 4.65. The van der Waals surface area contributed by atoms with Gasteiger partial charge in [0.15, 0.2) is 12.1 Å². The van der Waals surface area contributed by atoms with Gasteiger partial charge in [-0.2, -0.15) is 0 Å². The standard InChI is InChI=1S/C7H14O2.C5H12O2.C2H6/c1-3-6-4-5-7(8-2)9-6;1-3-5(6,7)4-2;1-2/h6-7H,3-5H2,1-2H3;6-7H,3-4H2,1-2H3;1-2H3. The van der Waals surface area contributed by atoms with Gasteiger partial charge in [0.05, 0.1) is 6.10 Å². The zero-order valence-corrected chi connectivity index (χ0v) is 12.9. The zero-order valence-electron chi connectivity index (χ0n) is 12.9. The minimum Gasteiger partial charge on any atom is -0.366 e. The second kappa shape index (κ2) is 11.9. The van der Waals surface area contributed by atoms with Crippen LogP contribution in [0, 0.1) is 0 Å². The van der Waals surface area contributed by atoms with E-state index in [0.29, 0.717) is 18.9 Å². The molecule has 0 aromatic heterocycles. The first-order valence-corrected chi connectivity index (χ1v) is 7.12. The van der Waals surface area contributed by atoms with Crippen molar-refractivity contribution in [1.29, 1.82) is 0 Å². The van der Waals surface area contributed by atoms with Gasteiger partial charge in [-0.15, -0.1) is 0 Å². The first kappa shape index (κ1) is 20.2. The summed E-state index contributed by atoms with van der Waals surface area (Å²) in [5.74, 6) is -1.42. The van der Waals surface area contributed by atoms with Crippen molar-refractivity contribution in [3.8, 4) is 0 Å². The number of hydrogen-bond donors (Lipinski definition) is 2. The van der Waals surface area contributed by atoms with Crippen LogP contribution in [-0.2, 0) is 9.47 Å². The molecule has 1 aliphatic rings. The molecular formula is C14H32O4. The van der Waals surface area contributed by atoms with Gasteiger partial charge in [0, 0.05) is 13.5 Å². The highest BCUT2D eigenvalue weighted by Gasteiger charge is 2.22. The van der Waals surface area contributed by atoms with Gasteiger partial charge in [0.2, 0.25) is 0 Å². The maximum atomic E-state index is 8.69. The van der Waals surface area contributed by atoms with E-state index in [9.17, 15) is 0 Å². The van der Waals surface area contributed by atoms with Crippen LogP contribution in [0.5, 0.6) is 0 Å². The first-order chi connectivity index (χ1) is 8.49. The minimum atomic E-state index is -1.42. The molecule has 0 aromatic rings. The summed E-state index contributed by atoms with van der Waals surface area (Å²) < 4.78 is 10.5. The lowest BCUT2D eigenvalue weighted by atomic mass is 10.2. The van der Waals surface area contributed by atoms with Crippen LogP contribution in [0.2, 0.25) is 0 Å². The van der Waals surface area contributed by atoms with Crippen molar-refractivity contribution in [3.05, 3.63) is 0 Å². The molecule has 4 nitrogen and oxygen atoms in total. The molecule has 1 fully saturated rings. The summed E-state index contributed by atoms with van der Waals surface area (Å²) in [5, 5.41) is 17.4. The van der Waals surface area contributed by atoms with Crippen molar-refractivity contribution in [2.24, 2.45) is 0 Å². The molecule has 0 radical (unpaired) electrons. The zero-order chi connectivity index (χ0) is 14.6. The molecule has 0 saturated carbocycles. The molecule has 2 unspecified atom stereocenters. The van der Waals surface area contributed by atoms with E-state index in [0.717, 1.165) is 19.3 Å². The number of ether oxygens (including phenoxy) is 2. The Hall–Kier alpha value is -0.160. The van der Waals surface area contributed by atoms with Crippen molar-refractivity contribution in [3.63, 3.8) is 0 Å². The van der Waals surface area contributed by atoms with Gasteiger partial charge < -0.3 is 19.7 Å². The number of aliphatic hydroxyl groups is 2. The van der Waals surface area contributed by atoms with E-state index in [2.05, 4.69) is 6.92 Å². The normalized spacial score (nSPS) is 22.7.